The van der Waals surface area contributed by atoms with Crippen LogP contribution < -0.4 is 0 Å². The quantitative estimate of drug-likeness (QED) is 0.636. The van der Waals surface area contributed by atoms with Crippen LogP contribution in [-0.4, -0.2) is 17.0 Å². The Balaban J connectivity index is 1.87. The van der Waals surface area contributed by atoms with Crippen molar-refractivity contribution in [3.05, 3.63) is 0 Å². The molecule has 1 N–H and O–H groups in total. The molecule has 2 aliphatic rings. The highest BCUT2D eigenvalue weighted by molar-refractivity contribution is 4.80. The number of hydrogen-bond acceptors (Lipinski definition) is 3. The molecule has 76 valence electrons. The van der Waals surface area contributed by atoms with E-state index in [2.05, 4.69) is 0 Å². The standard InChI is InChI=1S/C10H18O3/c1-10(11)7-9(12-13-10)8-5-3-2-4-6-8/h8-9,11H,2-7H2,1H3/t9-,10+/m0/s1. The summed E-state index contributed by atoms with van der Waals surface area (Å²) in [5.41, 5.74) is 0. The minimum atomic E-state index is -1.05. The van der Waals surface area contributed by atoms with E-state index >= 15 is 0 Å². The van der Waals surface area contributed by atoms with Gasteiger partial charge < -0.3 is 5.11 Å². The second kappa shape index (κ2) is 3.56. The Bertz CT molecular complexity index is 173. The van der Waals surface area contributed by atoms with E-state index in [1.54, 1.807) is 6.92 Å². The van der Waals surface area contributed by atoms with Gasteiger partial charge in [0.25, 0.3) is 0 Å². The van der Waals surface area contributed by atoms with Gasteiger partial charge in [0.15, 0.2) is 5.79 Å². The molecule has 3 nitrogen and oxygen atoms in total. The highest BCUT2D eigenvalue weighted by Crippen LogP contribution is 2.36. The van der Waals surface area contributed by atoms with Gasteiger partial charge in [-0.15, -0.1) is 0 Å². The molecule has 1 aliphatic carbocycles. The molecule has 0 aromatic rings. The molecule has 2 fully saturated rings. The Kier molecular flexibility index (Phi) is 2.58. The maximum Gasteiger partial charge on any atom is 0.198 e. The third-order valence-electron chi connectivity index (χ3n) is 3.11. The van der Waals surface area contributed by atoms with Crippen molar-refractivity contribution in [1.82, 2.24) is 0 Å². The average Bonchev–Trinajstić information content (AvgIpc) is 2.48. The molecule has 13 heavy (non-hydrogen) atoms. The molecule has 1 saturated carbocycles. The van der Waals surface area contributed by atoms with Crippen LogP contribution in [-0.2, 0) is 9.78 Å². The first-order valence-corrected chi connectivity index (χ1v) is 5.24. The van der Waals surface area contributed by atoms with Gasteiger partial charge in [-0.25, -0.2) is 9.78 Å². The second-order valence-electron chi connectivity index (χ2n) is 4.50. The molecule has 2 atom stereocenters. The summed E-state index contributed by atoms with van der Waals surface area (Å²) in [6.07, 6.45) is 7.14. The number of rotatable bonds is 1. The molecule has 0 radical (unpaired) electrons. The van der Waals surface area contributed by atoms with Crippen LogP contribution in [0.3, 0.4) is 0 Å². The van der Waals surface area contributed by atoms with E-state index in [-0.39, 0.29) is 6.10 Å². The first-order chi connectivity index (χ1) is 6.17. The summed E-state index contributed by atoms with van der Waals surface area (Å²) in [6, 6.07) is 0. The van der Waals surface area contributed by atoms with E-state index in [0.717, 1.165) is 0 Å². The lowest BCUT2D eigenvalue weighted by Gasteiger charge is -2.24. The molecule has 3 heteroatoms. The fourth-order valence-electron chi connectivity index (χ4n) is 2.36. The summed E-state index contributed by atoms with van der Waals surface area (Å²) >= 11 is 0. The molecule has 0 amide bonds. The first kappa shape index (κ1) is 9.44. The van der Waals surface area contributed by atoms with Crippen molar-refractivity contribution in [2.24, 2.45) is 5.92 Å². The van der Waals surface area contributed by atoms with Gasteiger partial charge >= 0.3 is 0 Å². The van der Waals surface area contributed by atoms with Gasteiger partial charge in [0.1, 0.15) is 6.10 Å². The van der Waals surface area contributed by atoms with Gasteiger partial charge in [-0.3, -0.25) is 0 Å². The third kappa shape index (κ3) is 2.22. The highest BCUT2D eigenvalue weighted by atomic mass is 17.2. The molecule has 0 aromatic heterocycles. The highest BCUT2D eigenvalue weighted by Gasteiger charge is 2.40. The second-order valence-corrected chi connectivity index (χ2v) is 4.50. The molecule has 0 unspecified atom stereocenters. The largest absolute Gasteiger partial charge is 0.363 e. The van der Waals surface area contributed by atoms with Gasteiger partial charge in [0, 0.05) is 6.42 Å². The minimum absolute atomic E-state index is 0.121. The van der Waals surface area contributed by atoms with E-state index < -0.39 is 5.79 Å². The molecule has 1 heterocycles. The summed E-state index contributed by atoms with van der Waals surface area (Å²) in [4.78, 5) is 10.0. The van der Waals surface area contributed by atoms with Crippen molar-refractivity contribution in [1.29, 1.82) is 0 Å². The summed E-state index contributed by atoms with van der Waals surface area (Å²) in [5, 5.41) is 9.55. The van der Waals surface area contributed by atoms with Crippen molar-refractivity contribution in [3.63, 3.8) is 0 Å². The maximum atomic E-state index is 9.55. The molecule has 0 aromatic carbocycles. The first-order valence-electron chi connectivity index (χ1n) is 5.24. The van der Waals surface area contributed by atoms with Crippen LogP contribution in [0.4, 0.5) is 0 Å². The topological polar surface area (TPSA) is 38.7 Å². The summed E-state index contributed by atoms with van der Waals surface area (Å²) in [6.45, 7) is 1.66. The Hall–Kier alpha value is -0.120. The van der Waals surface area contributed by atoms with Crippen LogP contribution in [0.25, 0.3) is 0 Å². The van der Waals surface area contributed by atoms with Gasteiger partial charge in [-0.2, -0.15) is 0 Å². The maximum absolute atomic E-state index is 9.55. The van der Waals surface area contributed by atoms with Crippen LogP contribution >= 0.6 is 0 Å². The van der Waals surface area contributed by atoms with Crippen molar-refractivity contribution in [2.75, 3.05) is 0 Å². The predicted molar refractivity (Wildman–Crippen MR) is 47.8 cm³/mol. The van der Waals surface area contributed by atoms with Crippen LogP contribution in [0.5, 0.6) is 0 Å². The van der Waals surface area contributed by atoms with Gasteiger partial charge in [0.05, 0.1) is 0 Å². The number of hydrogen-bond donors (Lipinski definition) is 1. The lowest BCUT2D eigenvalue weighted by Crippen LogP contribution is -2.26. The third-order valence-corrected chi connectivity index (χ3v) is 3.11. The lowest BCUT2D eigenvalue weighted by molar-refractivity contribution is -0.376. The Morgan fingerprint density at radius 1 is 1.23 bits per heavy atom. The molecular formula is C10H18O3. The molecule has 1 aliphatic heterocycles. The Labute approximate surface area is 79.0 Å². The number of aliphatic hydroxyl groups is 1. The Morgan fingerprint density at radius 3 is 2.46 bits per heavy atom. The molecule has 0 spiro atoms. The SMILES string of the molecule is C[C@]1(O)C[C@@H](C2CCCCC2)OO1. The van der Waals surface area contributed by atoms with Crippen molar-refractivity contribution >= 4 is 0 Å². The van der Waals surface area contributed by atoms with E-state index in [1.807, 2.05) is 0 Å². The zero-order chi connectivity index (χ0) is 9.31. The van der Waals surface area contributed by atoms with Gasteiger partial charge in [0.2, 0.25) is 0 Å². The van der Waals surface area contributed by atoms with E-state index in [4.69, 9.17) is 9.78 Å². The minimum Gasteiger partial charge on any atom is -0.363 e. The Morgan fingerprint density at radius 2 is 1.92 bits per heavy atom. The molecule has 2 rings (SSSR count). The van der Waals surface area contributed by atoms with Gasteiger partial charge in [-0.05, 0) is 25.7 Å². The lowest BCUT2D eigenvalue weighted by atomic mass is 9.83. The van der Waals surface area contributed by atoms with Crippen LogP contribution in [0, 0.1) is 5.92 Å². The van der Waals surface area contributed by atoms with Crippen LogP contribution in [0.1, 0.15) is 45.4 Å². The van der Waals surface area contributed by atoms with Crippen molar-refractivity contribution < 1.29 is 14.9 Å². The fraction of sp³-hybridized carbons (Fsp3) is 1.00. The van der Waals surface area contributed by atoms with E-state index in [1.165, 1.54) is 32.1 Å². The van der Waals surface area contributed by atoms with Crippen LogP contribution in [0.15, 0.2) is 0 Å². The normalized spacial score (nSPS) is 42.5. The zero-order valence-electron chi connectivity index (χ0n) is 8.16. The monoisotopic (exact) mass is 186 g/mol. The predicted octanol–water partition coefficient (Wildman–Crippen LogP) is 2.00. The fourth-order valence-corrected chi connectivity index (χ4v) is 2.36. The summed E-state index contributed by atoms with van der Waals surface area (Å²) in [7, 11) is 0. The van der Waals surface area contributed by atoms with Crippen LogP contribution in [0.2, 0.25) is 0 Å². The van der Waals surface area contributed by atoms with E-state index in [0.29, 0.717) is 12.3 Å². The van der Waals surface area contributed by atoms with E-state index in [9.17, 15) is 5.11 Å². The molecular weight excluding hydrogens is 168 g/mol. The van der Waals surface area contributed by atoms with Crippen molar-refractivity contribution in [3.8, 4) is 0 Å². The smallest absolute Gasteiger partial charge is 0.198 e. The average molecular weight is 186 g/mol. The van der Waals surface area contributed by atoms with Gasteiger partial charge in [-0.1, -0.05) is 19.3 Å². The molecule has 1 saturated heterocycles. The van der Waals surface area contributed by atoms with Crippen molar-refractivity contribution in [2.45, 2.75) is 57.3 Å². The molecule has 0 bridgehead atoms. The summed E-state index contributed by atoms with van der Waals surface area (Å²) in [5.74, 6) is -0.454. The summed E-state index contributed by atoms with van der Waals surface area (Å²) < 4.78 is 0. The zero-order valence-corrected chi connectivity index (χ0v) is 8.16.